The summed E-state index contributed by atoms with van der Waals surface area (Å²) < 4.78 is 7.41. The second-order valence-electron chi connectivity index (χ2n) is 7.91. The van der Waals surface area contributed by atoms with E-state index in [1.807, 2.05) is 41.5 Å². The summed E-state index contributed by atoms with van der Waals surface area (Å²) in [6.45, 7) is 1.49. The number of anilines is 3. The highest BCUT2D eigenvalue weighted by Gasteiger charge is 2.19. The summed E-state index contributed by atoms with van der Waals surface area (Å²) in [5, 5.41) is 12.3. The molecule has 0 amide bonds. The van der Waals surface area contributed by atoms with Gasteiger partial charge in [-0.3, -0.25) is 4.98 Å². The summed E-state index contributed by atoms with van der Waals surface area (Å²) >= 11 is 0. The molecule has 156 valence electrons. The lowest BCUT2D eigenvalue weighted by atomic mass is 10.2. The summed E-state index contributed by atoms with van der Waals surface area (Å²) in [5.41, 5.74) is 4.57. The molecule has 4 aromatic heterocycles. The number of hydrogen-bond donors (Lipinski definition) is 2. The molecule has 2 N–H and O–H groups in total. The Kier molecular flexibility index (Phi) is 4.45. The highest BCUT2D eigenvalue weighted by atomic mass is 16.5. The zero-order valence-electron chi connectivity index (χ0n) is 17.0. The topological polar surface area (TPSA) is 103 Å². The molecule has 1 saturated heterocycles. The molecule has 5 heterocycles. The van der Waals surface area contributed by atoms with E-state index in [4.69, 9.17) is 4.74 Å². The van der Waals surface area contributed by atoms with E-state index < -0.39 is 0 Å². The van der Waals surface area contributed by atoms with E-state index >= 15 is 0 Å². The maximum Gasteiger partial charge on any atom is 0.137 e. The SMILES string of the molecule is c1nc(Nc2cc3c(cn2)cnn3-c2ccnc3c2CCC3)cc(NC2CCOC2)n1. The first kappa shape index (κ1) is 18.2. The van der Waals surface area contributed by atoms with Gasteiger partial charge < -0.3 is 15.4 Å². The minimum absolute atomic E-state index is 0.286. The van der Waals surface area contributed by atoms with Gasteiger partial charge in [0, 0.05) is 42.2 Å². The molecule has 1 atom stereocenters. The van der Waals surface area contributed by atoms with E-state index in [1.54, 1.807) is 6.33 Å². The quantitative estimate of drug-likeness (QED) is 0.514. The number of nitrogens with zero attached hydrogens (tertiary/aromatic N) is 6. The number of rotatable bonds is 5. The van der Waals surface area contributed by atoms with Crippen molar-refractivity contribution in [2.45, 2.75) is 31.7 Å². The Morgan fingerprint density at radius 2 is 1.94 bits per heavy atom. The molecule has 4 aromatic rings. The van der Waals surface area contributed by atoms with Crippen LogP contribution in [0.15, 0.2) is 43.1 Å². The third-order valence-electron chi connectivity index (χ3n) is 5.85. The van der Waals surface area contributed by atoms with Gasteiger partial charge in [-0.25, -0.2) is 19.6 Å². The van der Waals surface area contributed by atoms with Crippen LogP contribution in [0, 0.1) is 0 Å². The second-order valence-corrected chi connectivity index (χ2v) is 7.91. The molecular weight excluding hydrogens is 392 g/mol. The predicted octanol–water partition coefficient (Wildman–Crippen LogP) is 3.04. The van der Waals surface area contributed by atoms with Gasteiger partial charge in [0.15, 0.2) is 0 Å². The first-order valence-corrected chi connectivity index (χ1v) is 10.6. The van der Waals surface area contributed by atoms with Crippen LogP contribution >= 0.6 is 0 Å². The number of hydrogen-bond acceptors (Lipinski definition) is 8. The van der Waals surface area contributed by atoms with Crippen LogP contribution < -0.4 is 10.6 Å². The molecule has 0 spiro atoms. The van der Waals surface area contributed by atoms with Crippen molar-refractivity contribution in [2.75, 3.05) is 23.8 Å². The van der Waals surface area contributed by atoms with Crippen LogP contribution in [0.4, 0.5) is 17.5 Å². The molecule has 1 aliphatic heterocycles. The van der Waals surface area contributed by atoms with Crippen molar-refractivity contribution in [1.82, 2.24) is 29.7 Å². The largest absolute Gasteiger partial charge is 0.379 e. The Morgan fingerprint density at radius 3 is 2.87 bits per heavy atom. The molecule has 1 aliphatic carbocycles. The molecule has 0 saturated carbocycles. The lowest BCUT2D eigenvalue weighted by molar-refractivity contribution is 0.195. The van der Waals surface area contributed by atoms with Crippen molar-refractivity contribution in [3.63, 3.8) is 0 Å². The van der Waals surface area contributed by atoms with Gasteiger partial charge in [0.1, 0.15) is 23.8 Å². The Hall–Kier alpha value is -3.59. The van der Waals surface area contributed by atoms with Gasteiger partial charge in [0.2, 0.25) is 0 Å². The van der Waals surface area contributed by atoms with Crippen molar-refractivity contribution in [3.05, 3.63) is 54.4 Å². The minimum Gasteiger partial charge on any atom is -0.379 e. The van der Waals surface area contributed by atoms with E-state index in [2.05, 4.69) is 35.7 Å². The zero-order chi connectivity index (χ0) is 20.6. The molecule has 0 bridgehead atoms. The van der Waals surface area contributed by atoms with E-state index in [0.717, 1.165) is 54.7 Å². The summed E-state index contributed by atoms with van der Waals surface area (Å²) in [4.78, 5) is 17.7. The third kappa shape index (κ3) is 3.46. The van der Waals surface area contributed by atoms with Crippen molar-refractivity contribution in [1.29, 1.82) is 0 Å². The Labute approximate surface area is 178 Å². The summed E-state index contributed by atoms with van der Waals surface area (Å²) in [7, 11) is 0. The molecule has 9 heteroatoms. The molecule has 0 radical (unpaired) electrons. The summed E-state index contributed by atoms with van der Waals surface area (Å²) in [5.74, 6) is 2.15. The van der Waals surface area contributed by atoms with Gasteiger partial charge in [-0.1, -0.05) is 0 Å². The normalized spacial score (nSPS) is 17.7. The molecule has 1 fully saturated rings. The number of nitrogens with one attached hydrogen (secondary N) is 2. The highest BCUT2D eigenvalue weighted by molar-refractivity contribution is 5.82. The van der Waals surface area contributed by atoms with Gasteiger partial charge in [0.05, 0.1) is 30.0 Å². The lowest BCUT2D eigenvalue weighted by Crippen LogP contribution is -2.19. The summed E-state index contributed by atoms with van der Waals surface area (Å²) in [6.07, 6.45) is 11.3. The fraction of sp³-hybridized carbons (Fsp3) is 0.318. The number of fused-ring (bicyclic) bond motifs is 2. The Balaban J connectivity index is 1.30. The first-order valence-electron chi connectivity index (χ1n) is 10.6. The van der Waals surface area contributed by atoms with Gasteiger partial charge in [-0.05, 0) is 37.3 Å². The first-order chi connectivity index (χ1) is 15.3. The van der Waals surface area contributed by atoms with Gasteiger partial charge in [0.25, 0.3) is 0 Å². The van der Waals surface area contributed by atoms with Gasteiger partial charge in [-0.15, -0.1) is 0 Å². The molecule has 0 aromatic carbocycles. The van der Waals surface area contributed by atoms with Gasteiger partial charge in [-0.2, -0.15) is 5.10 Å². The smallest absolute Gasteiger partial charge is 0.137 e. The molecule has 31 heavy (non-hydrogen) atoms. The van der Waals surface area contributed by atoms with Crippen molar-refractivity contribution >= 4 is 28.4 Å². The fourth-order valence-corrected chi connectivity index (χ4v) is 4.32. The van der Waals surface area contributed by atoms with Crippen LogP contribution in [0.1, 0.15) is 24.1 Å². The number of ether oxygens (including phenoxy) is 1. The molecule has 2 aliphatic rings. The van der Waals surface area contributed by atoms with Crippen LogP contribution in [0.2, 0.25) is 0 Å². The number of aromatic nitrogens is 6. The van der Waals surface area contributed by atoms with Crippen molar-refractivity contribution in [2.24, 2.45) is 0 Å². The molecule has 1 unspecified atom stereocenters. The molecule has 6 rings (SSSR count). The maximum atomic E-state index is 5.42. The minimum atomic E-state index is 0.286. The number of aryl methyl sites for hydroxylation is 1. The highest BCUT2D eigenvalue weighted by Crippen LogP contribution is 2.29. The molecular formula is C22H22N8O. The van der Waals surface area contributed by atoms with E-state index in [-0.39, 0.29) is 6.04 Å². The zero-order valence-corrected chi connectivity index (χ0v) is 17.0. The molecule has 9 nitrogen and oxygen atoms in total. The predicted molar refractivity (Wildman–Crippen MR) is 117 cm³/mol. The monoisotopic (exact) mass is 414 g/mol. The van der Waals surface area contributed by atoms with Crippen LogP contribution in [0.5, 0.6) is 0 Å². The fourth-order valence-electron chi connectivity index (χ4n) is 4.32. The average molecular weight is 414 g/mol. The van der Waals surface area contributed by atoms with Crippen LogP contribution in [0.25, 0.3) is 16.6 Å². The van der Waals surface area contributed by atoms with Crippen LogP contribution in [-0.4, -0.2) is 49.0 Å². The van der Waals surface area contributed by atoms with Crippen LogP contribution in [-0.2, 0) is 17.6 Å². The Bertz CT molecular complexity index is 1250. The second kappa shape index (κ2) is 7.59. The Morgan fingerprint density at radius 1 is 1.00 bits per heavy atom. The number of pyridine rings is 2. The van der Waals surface area contributed by atoms with E-state index in [1.165, 1.54) is 11.3 Å². The lowest BCUT2D eigenvalue weighted by Gasteiger charge is -2.12. The standard InChI is InChI=1S/C22H22N8O/c1-2-16-17(3-1)23-6-4-18(16)30-19-8-20(24-10-14(19)11-27-30)29-22-9-21(25-13-26-22)28-15-5-7-31-12-15/h4,6,8-11,13,15H,1-3,5,7,12H2,(H2,24,25,26,28,29). The van der Waals surface area contributed by atoms with E-state index in [9.17, 15) is 0 Å². The summed E-state index contributed by atoms with van der Waals surface area (Å²) in [6, 6.07) is 6.22. The van der Waals surface area contributed by atoms with E-state index in [0.29, 0.717) is 18.2 Å². The van der Waals surface area contributed by atoms with Gasteiger partial charge >= 0.3 is 0 Å². The van der Waals surface area contributed by atoms with Crippen LogP contribution in [0.3, 0.4) is 0 Å². The third-order valence-corrected chi connectivity index (χ3v) is 5.85. The van der Waals surface area contributed by atoms with Crippen molar-refractivity contribution in [3.8, 4) is 5.69 Å². The maximum absolute atomic E-state index is 5.42. The van der Waals surface area contributed by atoms with Crippen molar-refractivity contribution < 1.29 is 4.74 Å². The average Bonchev–Trinajstić information content (AvgIpc) is 3.54.